The fourth-order valence-corrected chi connectivity index (χ4v) is 2.59. The fourth-order valence-electron chi connectivity index (χ4n) is 2.32. The number of carbonyl (C=O) groups is 2. The minimum absolute atomic E-state index is 0.0256. The Kier molecular flexibility index (Phi) is 7.41. The van der Waals surface area contributed by atoms with Gasteiger partial charge in [-0.2, -0.15) is 0 Å². The Balaban J connectivity index is 2.05. The van der Waals surface area contributed by atoms with Gasteiger partial charge < -0.3 is 14.8 Å². The average molecular weight is 380 g/mol. The van der Waals surface area contributed by atoms with Gasteiger partial charge >= 0.3 is 5.97 Å². The standard InChI is InChI=1S/C19H19ClFNO4/c1-2-25-19(24)11-16(13-7-3-4-8-14(13)20)22-18(23)12-26-17-10-6-5-9-15(17)21/h3-10,16H,2,11-12H2,1H3,(H,22,23). The normalized spacial score (nSPS) is 11.5. The number of benzene rings is 2. The van der Waals surface area contributed by atoms with Crippen molar-refractivity contribution in [1.29, 1.82) is 0 Å². The summed E-state index contributed by atoms with van der Waals surface area (Å²) in [6.07, 6.45) is -0.0803. The predicted octanol–water partition coefficient (Wildman–Crippen LogP) is 3.67. The van der Waals surface area contributed by atoms with E-state index in [0.29, 0.717) is 10.6 Å². The first-order chi connectivity index (χ1) is 12.5. The lowest BCUT2D eigenvalue weighted by Crippen LogP contribution is -2.34. The highest BCUT2D eigenvalue weighted by atomic mass is 35.5. The molecule has 0 aliphatic rings. The van der Waals surface area contributed by atoms with E-state index in [1.54, 1.807) is 37.3 Å². The van der Waals surface area contributed by atoms with E-state index in [1.165, 1.54) is 18.2 Å². The zero-order valence-electron chi connectivity index (χ0n) is 14.2. The van der Waals surface area contributed by atoms with Crippen LogP contribution in [-0.4, -0.2) is 25.1 Å². The molecule has 0 heterocycles. The summed E-state index contributed by atoms with van der Waals surface area (Å²) in [7, 11) is 0. The Morgan fingerprint density at radius 1 is 1.15 bits per heavy atom. The lowest BCUT2D eigenvalue weighted by molar-refractivity contribution is -0.143. The molecule has 0 radical (unpaired) electrons. The van der Waals surface area contributed by atoms with Crippen LogP contribution in [0.5, 0.6) is 5.75 Å². The highest BCUT2D eigenvalue weighted by molar-refractivity contribution is 6.31. The van der Waals surface area contributed by atoms with Crippen molar-refractivity contribution in [1.82, 2.24) is 5.32 Å². The molecular formula is C19H19ClFNO4. The minimum atomic E-state index is -0.681. The molecule has 7 heteroatoms. The number of hydrogen-bond donors (Lipinski definition) is 1. The second kappa shape index (κ2) is 9.77. The van der Waals surface area contributed by atoms with Gasteiger partial charge in [0.1, 0.15) is 0 Å². The maximum absolute atomic E-state index is 13.5. The number of esters is 1. The lowest BCUT2D eigenvalue weighted by Gasteiger charge is -2.20. The highest BCUT2D eigenvalue weighted by Gasteiger charge is 2.21. The van der Waals surface area contributed by atoms with Crippen LogP contribution >= 0.6 is 11.6 Å². The van der Waals surface area contributed by atoms with Crippen LogP contribution in [0.1, 0.15) is 24.9 Å². The smallest absolute Gasteiger partial charge is 0.308 e. The van der Waals surface area contributed by atoms with Gasteiger partial charge in [0, 0.05) is 5.02 Å². The molecule has 0 aliphatic carbocycles. The van der Waals surface area contributed by atoms with Crippen LogP contribution in [0, 0.1) is 5.82 Å². The van der Waals surface area contributed by atoms with Gasteiger partial charge in [-0.3, -0.25) is 9.59 Å². The lowest BCUT2D eigenvalue weighted by atomic mass is 10.0. The number of rotatable bonds is 8. The van der Waals surface area contributed by atoms with E-state index in [2.05, 4.69) is 5.32 Å². The van der Waals surface area contributed by atoms with Crippen molar-refractivity contribution in [2.75, 3.05) is 13.2 Å². The van der Waals surface area contributed by atoms with Crippen molar-refractivity contribution in [3.63, 3.8) is 0 Å². The molecule has 138 valence electrons. The van der Waals surface area contributed by atoms with Gasteiger partial charge in [0.2, 0.25) is 0 Å². The third-order valence-corrected chi connectivity index (χ3v) is 3.83. The quantitative estimate of drug-likeness (QED) is 0.711. The topological polar surface area (TPSA) is 64.6 Å². The third-order valence-electron chi connectivity index (χ3n) is 3.49. The number of nitrogens with one attached hydrogen (secondary N) is 1. The first kappa shape index (κ1) is 19.7. The second-order valence-electron chi connectivity index (χ2n) is 5.37. The summed E-state index contributed by atoms with van der Waals surface area (Å²) in [5.74, 6) is -1.56. The molecular weight excluding hydrogens is 361 g/mol. The number of amides is 1. The summed E-state index contributed by atoms with van der Waals surface area (Å²) in [4.78, 5) is 24.1. The van der Waals surface area contributed by atoms with Crippen LogP contribution < -0.4 is 10.1 Å². The summed E-state index contributed by atoms with van der Waals surface area (Å²) < 4.78 is 23.7. The third kappa shape index (κ3) is 5.74. The Morgan fingerprint density at radius 3 is 2.54 bits per heavy atom. The van der Waals surface area contributed by atoms with Crippen molar-refractivity contribution >= 4 is 23.5 Å². The molecule has 0 fully saturated rings. The Labute approximate surface area is 156 Å². The Morgan fingerprint density at radius 2 is 1.85 bits per heavy atom. The molecule has 1 unspecified atom stereocenters. The molecule has 5 nitrogen and oxygen atoms in total. The van der Waals surface area contributed by atoms with Gasteiger partial charge in [0.05, 0.1) is 19.1 Å². The number of para-hydroxylation sites is 1. The van der Waals surface area contributed by atoms with Gasteiger partial charge in [-0.25, -0.2) is 4.39 Å². The molecule has 26 heavy (non-hydrogen) atoms. The van der Waals surface area contributed by atoms with Crippen LogP contribution in [-0.2, 0) is 14.3 Å². The summed E-state index contributed by atoms with van der Waals surface area (Å²) in [6.45, 7) is 1.53. The molecule has 1 N–H and O–H groups in total. The zero-order valence-corrected chi connectivity index (χ0v) is 15.0. The molecule has 0 bridgehead atoms. The first-order valence-corrected chi connectivity index (χ1v) is 8.45. The van der Waals surface area contributed by atoms with E-state index in [0.717, 1.165) is 0 Å². The largest absolute Gasteiger partial charge is 0.481 e. The SMILES string of the molecule is CCOC(=O)CC(NC(=O)COc1ccccc1F)c1ccccc1Cl. The second-order valence-corrected chi connectivity index (χ2v) is 5.78. The van der Waals surface area contributed by atoms with Gasteiger partial charge in [0.15, 0.2) is 18.2 Å². The molecule has 1 amide bonds. The molecule has 2 aromatic rings. The summed E-state index contributed by atoms with van der Waals surface area (Å²) in [6, 6.07) is 12.0. The molecule has 0 aromatic heterocycles. The van der Waals surface area contributed by atoms with Crippen molar-refractivity contribution < 1.29 is 23.5 Å². The van der Waals surface area contributed by atoms with Crippen molar-refractivity contribution in [2.45, 2.75) is 19.4 Å². The Bertz CT molecular complexity index is 769. The van der Waals surface area contributed by atoms with E-state index in [1.807, 2.05) is 0 Å². The van der Waals surface area contributed by atoms with Crippen molar-refractivity contribution in [3.05, 3.63) is 64.9 Å². The predicted molar refractivity (Wildman–Crippen MR) is 95.5 cm³/mol. The molecule has 0 aliphatic heterocycles. The molecule has 0 saturated heterocycles. The number of ether oxygens (including phenoxy) is 2. The van der Waals surface area contributed by atoms with E-state index < -0.39 is 30.3 Å². The van der Waals surface area contributed by atoms with Gasteiger partial charge in [-0.1, -0.05) is 41.9 Å². The van der Waals surface area contributed by atoms with Crippen LogP contribution in [0.25, 0.3) is 0 Å². The number of halogens is 2. The Hall–Kier alpha value is -2.60. The molecule has 1 atom stereocenters. The van der Waals surface area contributed by atoms with E-state index in [9.17, 15) is 14.0 Å². The van der Waals surface area contributed by atoms with E-state index in [-0.39, 0.29) is 18.8 Å². The van der Waals surface area contributed by atoms with E-state index >= 15 is 0 Å². The molecule has 0 spiro atoms. The summed E-state index contributed by atoms with van der Waals surface area (Å²) in [5.41, 5.74) is 0.585. The minimum Gasteiger partial charge on any atom is -0.481 e. The summed E-state index contributed by atoms with van der Waals surface area (Å²) in [5, 5.41) is 3.10. The zero-order chi connectivity index (χ0) is 18.9. The summed E-state index contributed by atoms with van der Waals surface area (Å²) >= 11 is 6.17. The van der Waals surface area contributed by atoms with Gasteiger partial charge in [-0.15, -0.1) is 0 Å². The van der Waals surface area contributed by atoms with Crippen molar-refractivity contribution in [2.24, 2.45) is 0 Å². The maximum Gasteiger partial charge on any atom is 0.308 e. The fraction of sp³-hybridized carbons (Fsp3) is 0.263. The van der Waals surface area contributed by atoms with Gasteiger partial charge in [0.25, 0.3) is 5.91 Å². The van der Waals surface area contributed by atoms with Crippen LogP contribution in [0.3, 0.4) is 0 Å². The highest BCUT2D eigenvalue weighted by Crippen LogP contribution is 2.25. The van der Waals surface area contributed by atoms with Crippen molar-refractivity contribution in [3.8, 4) is 5.75 Å². The van der Waals surface area contributed by atoms with Crippen LogP contribution in [0.2, 0.25) is 5.02 Å². The van der Waals surface area contributed by atoms with Gasteiger partial charge in [-0.05, 0) is 30.7 Å². The van der Waals surface area contributed by atoms with Crippen LogP contribution in [0.4, 0.5) is 4.39 Å². The maximum atomic E-state index is 13.5. The average Bonchev–Trinajstić information content (AvgIpc) is 2.61. The first-order valence-electron chi connectivity index (χ1n) is 8.08. The van der Waals surface area contributed by atoms with Crippen LogP contribution in [0.15, 0.2) is 48.5 Å². The van der Waals surface area contributed by atoms with E-state index in [4.69, 9.17) is 21.1 Å². The molecule has 2 rings (SSSR count). The molecule has 2 aromatic carbocycles. The molecule has 0 saturated carbocycles. The monoisotopic (exact) mass is 379 g/mol. The number of carbonyl (C=O) groups excluding carboxylic acids is 2. The number of hydrogen-bond acceptors (Lipinski definition) is 4.